The summed E-state index contributed by atoms with van der Waals surface area (Å²) in [5.41, 5.74) is 6.69. The Hall–Kier alpha value is -1.71. The van der Waals surface area contributed by atoms with Crippen LogP contribution in [0.5, 0.6) is 0 Å². The number of carbonyl (C=O) groups is 1. The van der Waals surface area contributed by atoms with Gasteiger partial charge in [0.05, 0.1) is 10.7 Å². The maximum Gasteiger partial charge on any atom is 0.244 e. The van der Waals surface area contributed by atoms with Crippen LogP contribution in [0.4, 0.5) is 5.69 Å². The van der Waals surface area contributed by atoms with Gasteiger partial charge in [0.1, 0.15) is 6.04 Å². The normalized spacial score (nSPS) is 11.9. The first-order chi connectivity index (χ1) is 9.09. The van der Waals surface area contributed by atoms with E-state index in [2.05, 4.69) is 5.32 Å². The van der Waals surface area contributed by atoms with E-state index in [9.17, 15) is 4.79 Å². The van der Waals surface area contributed by atoms with Gasteiger partial charge in [-0.3, -0.25) is 4.79 Å². The fraction of sp³-hybridized carbons (Fsp3) is 0.0714. The molecule has 3 N–H and O–H groups in total. The molecule has 0 heterocycles. The third-order valence-electron chi connectivity index (χ3n) is 2.67. The average molecular weight is 295 g/mol. The summed E-state index contributed by atoms with van der Waals surface area (Å²) in [4.78, 5) is 11.6. The lowest BCUT2D eigenvalue weighted by molar-refractivity contribution is -0.118. The number of hydrogen-bond donors (Lipinski definition) is 2. The number of halogens is 2. The highest BCUT2D eigenvalue weighted by Crippen LogP contribution is 2.29. The summed E-state index contributed by atoms with van der Waals surface area (Å²) in [6.07, 6.45) is 0. The minimum Gasteiger partial charge on any atom is -0.369 e. The lowest BCUT2D eigenvalue weighted by atomic mass is 10.1. The molecule has 3 nitrogen and oxygen atoms in total. The van der Waals surface area contributed by atoms with Crippen molar-refractivity contribution >= 4 is 34.8 Å². The SMILES string of the molecule is NC(=O)C(Nc1ccccc1Cl)c1ccccc1Cl. The molecular formula is C14H12Cl2N2O. The topological polar surface area (TPSA) is 55.1 Å². The van der Waals surface area contributed by atoms with Gasteiger partial charge in [0, 0.05) is 10.6 Å². The summed E-state index contributed by atoms with van der Waals surface area (Å²) >= 11 is 12.1. The molecule has 2 aromatic carbocycles. The number of para-hydroxylation sites is 1. The summed E-state index contributed by atoms with van der Waals surface area (Å²) < 4.78 is 0. The van der Waals surface area contributed by atoms with E-state index in [0.717, 1.165) is 0 Å². The van der Waals surface area contributed by atoms with E-state index in [1.54, 1.807) is 36.4 Å². The lowest BCUT2D eigenvalue weighted by Crippen LogP contribution is -2.28. The highest BCUT2D eigenvalue weighted by molar-refractivity contribution is 6.33. The minimum absolute atomic E-state index is 0.478. The summed E-state index contributed by atoms with van der Waals surface area (Å²) in [6.45, 7) is 0. The second-order valence-corrected chi connectivity index (χ2v) is 4.80. The zero-order valence-electron chi connectivity index (χ0n) is 9.94. The van der Waals surface area contributed by atoms with E-state index >= 15 is 0 Å². The molecule has 1 unspecified atom stereocenters. The van der Waals surface area contributed by atoms with Gasteiger partial charge < -0.3 is 11.1 Å². The molecule has 0 aliphatic heterocycles. The van der Waals surface area contributed by atoms with Crippen LogP contribution >= 0.6 is 23.2 Å². The first kappa shape index (κ1) is 13.7. The summed E-state index contributed by atoms with van der Waals surface area (Å²) in [7, 11) is 0. The molecule has 5 heteroatoms. The van der Waals surface area contributed by atoms with Gasteiger partial charge in [-0.25, -0.2) is 0 Å². The zero-order valence-corrected chi connectivity index (χ0v) is 11.4. The molecule has 0 radical (unpaired) electrons. The molecule has 19 heavy (non-hydrogen) atoms. The van der Waals surface area contributed by atoms with Crippen LogP contribution in [-0.2, 0) is 4.79 Å². The van der Waals surface area contributed by atoms with E-state index in [1.807, 2.05) is 12.1 Å². The van der Waals surface area contributed by atoms with Gasteiger partial charge in [0.2, 0.25) is 5.91 Å². The number of amides is 1. The van der Waals surface area contributed by atoms with E-state index < -0.39 is 11.9 Å². The van der Waals surface area contributed by atoms with Crippen molar-refractivity contribution in [3.63, 3.8) is 0 Å². The Morgan fingerprint density at radius 3 is 2.16 bits per heavy atom. The predicted octanol–water partition coefficient (Wildman–Crippen LogP) is 3.63. The van der Waals surface area contributed by atoms with Crippen LogP contribution in [0.15, 0.2) is 48.5 Å². The van der Waals surface area contributed by atoms with Gasteiger partial charge in [-0.2, -0.15) is 0 Å². The summed E-state index contributed by atoms with van der Waals surface area (Å²) in [5.74, 6) is -0.520. The summed E-state index contributed by atoms with van der Waals surface area (Å²) in [6, 6.07) is 13.5. The van der Waals surface area contributed by atoms with Crippen molar-refractivity contribution < 1.29 is 4.79 Å². The first-order valence-electron chi connectivity index (χ1n) is 5.64. The van der Waals surface area contributed by atoms with Crippen LogP contribution in [0.3, 0.4) is 0 Å². The van der Waals surface area contributed by atoms with E-state index in [0.29, 0.717) is 21.3 Å². The fourth-order valence-corrected chi connectivity index (χ4v) is 2.18. The highest BCUT2D eigenvalue weighted by atomic mass is 35.5. The van der Waals surface area contributed by atoms with Crippen molar-refractivity contribution in [3.05, 3.63) is 64.1 Å². The molecule has 0 saturated heterocycles. The van der Waals surface area contributed by atoms with Crippen molar-refractivity contribution in [2.45, 2.75) is 6.04 Å². The van der Waals surface area contributed by atoms with Gasteiger partial charge in [-0.05, 0) is 18.2 Å². The maximum atomic E-state index is 11.6. The molecule has 0 spiro atoms. The molecule has 0 saturated carbocycles. The van der Waals surface area contributed by atoms with Crippen LogP contribution < -0.4 is 11.1 Å². The number of nitrogens with one attached hydrogen (secondary N) is 1. The Labute approximate surface area is 121 Å². The van der Waals surface area contributed by atoms with Crippen LogP contribution in [0.2, 0.25) is 10.0 Å². The molecule has 0 aliphatic rings. The van der Waals surface area contributed by atoms with Crippen molar-refractivity contribution in [1.82, 2.24) is 0 Å². The van der Waals surface area contributed by atoms with Crippen molar-refractivity contribution in [3.8, 4) is 0 Å². The molecule has 0 aliphatic carbocycles. The molecule has 0 aromatic heterocycles. The molecule has 0 fully saturated rings. The predicted molar refractivity (Wildman–Crippen MR) is 78.5 cm³/mol. The van der Waals surface area contributed by atoms with Gasteiger partial charge in [-0.15, -0.1) is 0 Å². The molecule has 0 bridgehead atoms. The molecular weight excluding hydrogens is 283 g/mol. The first-order valence-corrected chi connectivity index (χ1v) is 6.40. The Morgan fingerprint density at radius 1 is 1.00 bits per heavy atom. The zero-order chi connectivity index (χ0) is 13.8. The quantitative estimate of drug-likeness (QED) is 0.905. The number of rotatable bonds is 4. The third kappa shape index (κ3) is 3.19. The number of carbonyl (C=O) groups excluding carboxylic acids is 1. The minimum atomic E-state index is -0.728. The lowest BCUT2D eigenvalue weighted by Gasteiger charge is -2.19. The third-order valence-corrected chi connectivity index (χ3v) is 3.35. The van der Waals surface area contributed by atoms with E-state index in [4.69, 9.17) is 28.9 Å². The Morgan fingerprint density at radius 2 is 1.58 bits per heavy atom. The van der Waals surface area contributed by atoms with Gasteiger partial charge >= 0.3 is 0 Å². The van der Waals surface area contributed by atoms with E-state index in [1.165, 1.54) is 0 Å². The molecule has 2 aromatic rings. The Balaban J connectivity index is 2.35. The van der Waals surface area contributed by atoms with E-state index in [-0.39, 0.29) is 0 Å². The molecule has 1 amide bonds. The second-order valence-electron chi connectivity index (χ2n) is 3.98. The van der Waals surface area contributed by atoms with Crippen molar-refractivity contribution in [1.29, 1.82) is 0 Å². The number of primary amides is 1. The molecule has 2 rings (SSSR count). The molecule has 98 valence electrons. The number of nitrogens with two attached hydrogens (primary N) is 1. The van der Waals surface area contributed by atoms with Crippen molar-refractivity contribution in [2.75, 3.05) is 5.32 Å². The van der Waals surface area contributed by atoms with Gasteiger partial charge in [0.15, 0.2) is 0 Å². The standard InChI is InChI=1S/C14H12Cl2N2O/c15-10-6-2-1-5-9(10)13(14(17)19)18-12-8-4-3-7-11(12)16/h1-8,13,18H,(H2,17,19). The molecule has 1 atom stereocenters. The van der Waals surface area contributed by atoms with Gasteiger partial charge in [-0.1, -0.05) is 53.5 Å². The number of anilines is 1. The van der Waals surface area contributed by atoms with Crippen molar-refractivity contribution in [2.24, 2.45) is 5.73 Å². The Bertz CT molecular complexity index is 602. The number of hydrogen-bond acceptors (Lipinski definition) is 2. The monoisotopic (exact) mass is 294 g/mol. The van der Waals surface area contributed by atoms with Gasteiger partial charge in [0.25, 0.3) is 0 Å². The van der Waals surface area contributed by atoms with Crippen LogP contribution in [-0.4, -0.2) is 5.91 Å². The largest absolute Gasteiger partial charge is 0.369 e. The smallest absolute Gasteiger partial charge is 0.244 e. The van der Waals surface area contributed by atoms with Crippen LogP contribution in [0.1, 0.15) is 11.6 Å². The average Bonchev–Trinajstić information content (AvgIpc) is 2.38. The maximum absolute atomic E-state index is 11.6. The van der Waals surface area contributed by atoms with Crippen LogP contribution in [0, 0.1) is 0 Å². The van der Waals surface area contributed by atoms with Crippen LogP contribution in [0.25, 0.3) is 0 Å². The summed E-state index contributed by atoms with van der Waals surface area (Å²) in [5, 5.41) is 4.01. The Kier molecular flexibility index (Phi) is 4.30. The number of benzene rings is 2. The highest BCUT2D eigenvalue weighted by Gasteiger charge is 2.20. The fourth-order valence-electron chi connectivity index (χ4n) is 1.75. The second kappa shape index (κ2) is 5.95.